The second kappa shape index (κ2) is 4.30. The SMILES string of the molecule is C=CN/C(CC)=C(/N)n1ccnn1. The van der Waals surface area contributed by atoms with Gasteiger partial charge in [-0.25, -0.2) is 4.68 Å². The Bertz CT molecular complexity index is 298. The molecule has 0 aliphatic heterocycles. The van der Waals surface area contributed by atoms with Crippen LogP contribution in [0.3, 0.4) is 0 Å². The van der Waals surface area contributed by atoms with Crippen LogP contribution in [0.1, 0.15) is 13.3 Å². The lowest BCUT2D eigenvalue weighted by molar-refractivity contribution is 0.784. The van der Waals surface area contributed by atoms with E-state index in [4.69, 9.17) is 5.73 Å². The van der Waals surface area contributed by atoms with Crippen molar-refractivity contribution in [3.63, 3.8) is 0 Å². The van der Waals surface area contributed by atoms with Crippen LogP contribution in [0.15, 0.2) is 30.9 Å². The Morgan fingerprint density at radius 2 is 2.54 bits per heavy atom. The Morgan fingerprint density at radius 1 is 1.77 bits per heavy atom. The highest BCUT2D eigenvalue weighted by molar-refractivity contribution is 5.44. The van der Waals surface area contributed by atoms with Crippen molar-refractivity contribution in [2.24, 2.45) is 5.73 Å². The smallest absolute Gasteiger partial charge is 0.146 e. The molecule has 0 spiro atoms. The van der Waals surface area contributed by atoms with Crippen LogP contribution in [0.2, 0.25) is 0 Å². The second-order valence-corrected chi connectivity index (χ2v) is 2.41. The monoisotopic (exact) mass is 179 g/mol. The van der Waals surface area contributed by atoms with Crippen molar-refractivity contribution < 1.29 is 0 Å². The van der Waals surface area contributed by atoms with Crippen molar-refractivity contribution in [1.82, 2.24) is 20.3 Å². The van der Waals surface area contributed by atoms with Crippen molar-refractivity contribution in [3.8, 4) is 0 Å². The predicted octanol–water partition coefficient (Wildman–Crippen LogP) is 0.506. The topological polar surface area (TPSA) is 68.8 Å². The average molecular weight is 179 g/mol. The van der Waals surface area contributed by atoms with Crippen LogP contribution in [0.5, 0.6) is 0 Å². The summed E-state index contributed by atoms with van der Waals surface area (Å²) >= 11 is 0. The number of hydrogen-bond donors (Lipinski definition) is 2. The van der Waals surface area contributed by atoms with Crippen LogP contribution in [-0.2, 0) is 0 Å². The van der Waals surface area contributed by atoms with Gasteiger partial charge in [-0.05, 0) is 12.6 Å². The van der Waals surface area contributed by atoms with Gasteiger partial charge in [0.05, 0.1) is 18.1 Å². The molecular formula is C8H13N5. The quantitative estimate of drug-likeness (QED) is 0.706. The molecule has 0 amide bonds. The van der Waals surface area contributed by atoms with E-state index in [0.717, 1.165) is 12.1 Å². The molecule has 1 aromatic heterocycles. The summed E-state index contributed by atoms with van der Waals surface area (Å²) < 4.78 is 1.51. The van der Waals surface area contributed by atoms with Crippen molar-refractivity contribution in [2.75, 3.05) is 0 Å². The average Bonchev–Trinajstić information content (AvgIpc) is 2.65. The fraction of sp³-hybridized carbons (Fsp3) is 0.250. The molecule has 0 aliphatic rings. The number of nitrogens with two attached hydrogens (primary N) is 1. The van der Waals surface area contributed by atoms with Crippen LogP contribution in [0.4, 0.5) is 0 Å². The first-order valence-corrected chi connectivity index (χ1v) is 4.02. The minimum atomic E-state index is 0.542. The van der Waals surface area contributed by atoms with E-state index < -0.39 is 0 Å². The Kier molecular flexibility index (Phi) is 3.08. The zero-order valence-electron chi connectivity index (χ0n) is 7.57. The number of hydrogen-bond acceptors (Lipinski definition) is 4. The lowest BCUT2D eigenvalue weighted by Crippen LogP contribution is -2.17. The van der Waals surface area contributed by atoms with Crippen LogP contribution in [0.25, 0.3) is 5.82 Å². The van der Waals surface area contributed by atoms with Gasteiger partial charge >= 0.3 is 0 Å². The van der Waals surface area contributed by atoms with Crippen LogP contribution in [0, 0.1) is 0 Å². The lowest BCUT2D eigenvalue weighted by Gasteiger charge is -2.08. The van der Waals surface area contributed by atoms with Crippen LogP contribution in [-0.4, -0.2) is 15.0 Å². The molecule has 0 bridgehead atoms. The van der Waals surface area contributed by atoms with Crippen LogP contribution < -0.4 is 11.1 Å². The van der Waals surface area contributed by atoms with Gasteiger partial charge in [0.15, 0.2) is 0 Å². The Labute approximate surface area is 76.9 Å². The van der Waals surface area contributed by atoms with Gasteiger partial charge in [-0.3, -0.25) is 0 Å². The Balaban J connectivity index is 2.94. The zero-order chi connectivity index (χ0) is 9.68. The minimum Gasteiger partial charge on any atom is -0.382 e. The maximum atomic E-state index is 5.81. The molecule has 1 aromatic rings. The number of aromatic nitrogens is 3. The van der Waals surface area contributed by atoms with Gasteiger partial charge < -0.3 is 11.1 Å². The van der Waals surface area contributed by atoms with E-state index >= 15 is 0 Å². The number of allylic oxidation sites excluding steroid dienone is 1. The van der Waals surface area contributed by atoms with Gasteiger partial charge in [0.25, 0.3) is 0 Å². The van der Waals surface area contributed by atoms with E-state index in [-0.39, 0.29) is 0 Å². The Morgan fingerprint density at radius 3 is 3.00 bits per heavy atom. The summed E-state index contributed by atoms with van der Waals surface area (Å²) in [5.74, 6) is 0.542. The van der Waals surface area contributed by atoms with Crippen molar-refractivity contribution >= 4 is 5.82 Å². The van der Waals surface area contributed by atoms with E-state index in [9.17, 15) is 0 Å². The molecule has 0 aromatic carbocycles. The van der Waals surface area contributed by atoms with Gasteiger partial charge in [0, 0.05) is 0 Å². The molecule has 0 radical (unpaired) electrons. The fourth-order valence-corrected chi connectivity index (χ4v) is 0.955. The molecule has 1 rings (SSSR count). The molecule has 70 valence electrons. The predicted molar refractivity (Wildman–Crippen MR) is 51.0 cm³/mol. The first-order valence-electron chi connectivity index (χ1n) is 4.02. The molecule has 3 N–H and O–H groups in total. The molecule has 5 heteroatoms. The maximum absolute atomic E-state index is 5.81. The van der Waals surface area contributed by atoms with E-state index in [1.165, 1.54) is 4.68 Å². The number of nitrogens with zero attached hydrogens (tertiary/aromatic N) is 3. The third-order valence-electron chi connectivity index (χ3n) is 1.61. The number of nitrogens with one attached hydrogen (secondary N) is 1. The van der Waals surface area contributed by atoms with E-state index in [0.29, 0.717) is 5.82 Å². The summed E-state index contributed by atoms with van der Waals surface area (Å²) in [5, 5.41) is 10.4. The van der Waals surface area contributed by atoms with Gasteiger partial charge in [-0.15, -0.1) is 5.10 Å². The molecule has 0 saturated heterocycles. The minimum absolute atomic E-state index is 0.542. The van der Waals surface area contributed by atoms with Gasteiger partial charge in [0.2, 0.25) is 0 Å². The summed E-state index contributed by atoms with van der Waals surface area (Å²) in [7, 11) is 0. The van der Waals surface area contributed by atoms with Gasteiger partial charge in [-0.1, -0.05) is 18.7 Å². The molecule has 0 fully saturated rings. The molecule has 1 heterocycles. The van der Waals surface area contributed by atoms with E-state index in [2.05, 4.69) is 22.2 Å². The normalized spacial score (nSPS) is 12.1. The molecule has 0 unspecified atom stereocenters. The van der Waals surface area contributed by atoms with Gasteiger partial charge in [-0.2, -0.15) is 0 Å². The molecule has 0 atom stereocenters. The molecule has 0 aliphatic carbocycles. The molecule has 13 heavy (non-hydrogen) atoms. The molecule has 5 nitrogen and oxygen atoms in total. The maximum Gasteiger partial charge on any atom is 0.146 e. The van der Waals surface area contributed by atoms with Crippen molar-refractivity contribution in [1.29, 1.82) is 0 Å². The van der Waals surface area contributed by atoms with Crippen LogP contribution >= 0.6 is 0 Å². The van der Waals surface area contributed by atoms with E-state index in [1.807, 2.05) is 6.92 Å². The highest BCUT2D eigenvalue weighted by Crippen LogP contribution is 2.03. The summed E-state index contributed by atoms with van der Waals surface area (Å²) in [6.07, 6.45) is 5.64. The molecule has 0 saturated carbocycles. The summed E-state index contributed by atoms with van der Waals surface area (Å²) in [5.41, 5.74) is 6.69. The zero-order valence-corrected chi connectivity index (χ0v) is 7.57. The Hall–Kier alpha value is -1.78. The van der Waals surface area contributed by atoms with E-state index in [1.54, 1.807) is 18.6 Å². The summed E-state index contributed by atoms with van der Waals surface area (Å²) in [6.45, 7) is 5.56. The van der Waals surface area contributed by atoms with Crippen molar-refractivity contribution in [3.05, 3.63) is 30.9 Å². The van der Waals surface area contributed by atoms with Crippen molar-refractivity contribution in [2.45, 2.75) is 13.3 Å². The molecular weight excluding hydrogens is 166 g/mol. The highest BCUT2D eigenvalue weighted by Gasteiger charge is 2.01. The summed E-state index contributed by atoms with van der Waals surface area (Å²) in [4.78, 5) is 0. The standard InChI is InChI=1S/C8H13N5/c1-3-7(10-4-2)8(9)13-6-5-11-12-13/h4-6,10H,2-3,9H2,1H3/b8-7-. The lowest BCUT2D eigenvalue weighted by atomic mass is 10.3. The van der Waals surface area contributed by atoms with Gasteiger partial charge in [0.1, 0.15) is 5.82 Å². The third kappa shape index (κ3) is 2.08. The summed E-state index contributed by atoms with van der Waals surface area (Å²) in [6, 6.07) is 0. The second-order valence-electron chi connectivity index (χ2n) is 2.41. The highest BCUT2D eigenvalue weighted by atomic mass is 15.4. The third-order valence-corrected chi connectivity index (χ3v) is 1.61. The number of rotatable bonds is 4. The first-order chi connectivity index (χ1) is 6.29. The first kappa shape index (κ1) is 9.31. The largest absolute Gasteiger partial charge is 0.382 e. The fourth-order valence-electron chi connectivity index (χ4n) is 0.955.